The molecule has 0 aliphatic heterocycles. The Morgan fingerprint density at radius 3 is 2.58 bits per heavy atom. The smallest absolute Gasteiger partial charge is 0.382 e. The molecule has 74 valence electrons. The van der Waals surface area contributed by atoms with Gasteiger partial charge in [-0.05, 0) is 6.42 Å². The zero-order valence-electron chi connectivity index (χ0n) is 7.27. The van der Waals surface area contributed by atoms with Crippen molar-refractivity contribution in [1.29, 1.82) is 0 Å². The Bertz CT molecular complexity index is 154. The van der Waals surface area contributed by atoms with Gasteiger partial charge in [-0.15, -0.1) is 4.67 Å². The summed E-state index contributed by atoms with van der Waals surface area (Å²) in [6.45, 7) is 2.28. The van der Waals surface area contributed by atoms with Gasteiger partial charge in [0.1, 0.15) is 6.35 Å². The fraction of sp³-hybridized carbons (Fsp3) is 1.00. The minimum Gasteiger partial charge on any atom is -0.384 e. The first-order valence-corrected chi connectivity index (χ1v) is 6.60. The molecule has 0 rings (SSSR count). The lowest BCUT2D eigenvalue weighted by Crippen LogP contribution is -2.01. The highest BCUT2D eigenvalue weighted by molar-refractivity contribution is 7.53. The molecule has 0 bridgehead atoms. The van der Waals surface area contributed by atoms with E-state index in [1.165, 1.54) is 0 Å². The molecule has 0 saturated carbocycles. The highest BCUT2D eigenvalue weighted by atomic mass is 31.2. The number of aliphatic hydroxyl groups excluding tert-OH is 1. The van der Waals surface area contributed by atoms with Gasteiger partial charge in [0.25, 0.3) is 0 Å². The molecule has 0 aromatic carbocycles. The summed E-state index contributed by atoms with van der Waals surface area (Å²) in [6, 6.07) is 0. The van der Waals surface area contributed by atoms with Crippen LogP contribution in [-0.4, -0.2) is 33.6 Å². The molecular formula is C5H15O5PSi. The predicted octanol–water partition coefficient (Wildman–Crippen LogP) is 0.199. The van der Waals surface area contributed by atoms with E-state index < -0.39 is 13.9 Å². The fourth-order valence-electron chi connectivity index (χ4n) is 0.518. The minimum absolute atomic E-state index is 0.239. The van der Waals surface area contributed by atoms with Gasteiger partial charge in [0.2, 0.25) is 0 Å². The molecule has 2 N–H and O–H groups in total. The van der Waals surface area contributed by atoms with Gasteiger partial charge in [-0.2, -0.15) is 0 Å². The highest BCUT2D eigenvalue weighted by Gasteiger charge is 2.23. The summed E-state index contributed by atoms with van der Waals surface area (Å²) in [5.41, 5.74) is 0.552. The van der Waals surface area contributed by atoms with Gasteiger partial charge in [0.15, 0.2) is 0 Å². The summed E-state index contributed by atoms with van der Waals surface area (Å²) >= 11 is 0. The molecule has 7 heteroatoms. The summed E-state index contributed by atoms with van der Waals surface area (Å²) in [6.07, 6.45) is -0.0292. The monoisotopic (exact) mass is 214 g/mol. The number of hydrogen-bond donors (Lipinski definition) is 2. The largest absolute Gasteiger partial charge is 0.384 e. The van der Waals surface area contributed by atoms with Crippen molar-refractivity contribution in [3.05, 3.63) is 0 Å². The molecular weight excluding hydrogens is 199 g/mol. The summed E-state index contributed by atoms with van der Waals surface area (Å²) in [4.78, 5) is 0. The molecule has 0 amide bonds. The second kappa shape index (κ2) is 5.85. The van der Waals surface area contributed by atoms with Crippen LogP contribution in [0.15, 0.2) is 0 Å². The van der Waals surface area contributed by atoms with Crippen LogP contribution in [0.2, 0.25) is 5.54 Å². The van der Waals surface area contributed by atoms with E-state index in [1.807, 2.05) is 6.92 Å². The van der Waals surface area contributed by atoms with Gasteiger partial charge in [-0.1, -0.05) is 12.5 Å². The average Bonchev–Trinajstić information content (AvgIpc) is 2.03. The highest BCUT2D eigenvalue weighted by Crippen LogP contribution is 2.45. The third-order valence-electron chi connectivity index (χ3n) is 1.28. The zero-order valence-corrected chi connectivity index (χ0v) is 10.2. The molecule has 0 fully saturated rings. The Balaban J connectivity index is 3.67. The van der Waals surface area contributed by atoms with Crippen LogP contribution in [0.1, 0.15) is 13.3 Å². The third kappa shape index (κ3) is 5.03. The van der Waals surface area contributed by atoms with Gasteiger partial charge in [0.05, 0.1) is 6.61 Å². The van der Waals surface area contributed by atoms with Crippen molar-refractivity contribution < 1.29 is 24.1 Å². The topological polar surface area (TPSA) is 76.0 Å². The Hall–Kier alpha value is 0.287. The minimum atomic E-state index is -3.61. The first-order chi connectivity index (χ1) is 5.54. The molecule has 0 aromatic heterocycles. The quantitative estimate of drug-likeness (QED) is 0.286. The molecule has 12 heavy (non-hydrogen) atoms. The molecule has 0 saturated heterocycles. The van der Waals surface area contributed by atoms with Gasteiger partial charge < -0.3 is 9.63 Å². The zero-order chi connectivity index (χ0) is 9.61. The van der Waals surface area contributed by atoms with Crippen molar-refractivity contribution in [2.24, 2.45) is 0 Å². The van der Waals surface area contributed by atoms with Crippen molar-refractivity contribution >= 4 is 17.8 Å². The normalized spacial score (nSPS) is 18.9. The van der Waals surface area contributed by atoms with E-state index in [9.17, 15) is 4.57 Å². The molecule has 0 heterocycles. The Morgan fingerprint density at radius 2 is 2.25 bits per heavy atom. The van der Waals surface area contributed by atoms with E-state index in [0.29, 0.717) is 5.54 Å². The molecule has 2 atom stereocenters. The lowest BCUT2D eigenvalue weighted by atomic mass is 10.3. The van der Waals surface area contributed by atoms with Crippen molar-refractivity contribution in [3.8, 4) is 0 Å². The maximum absolute atomic E-state index is 11.0. The van der Waals surface area contributed by atoms with Gasteiger partial charge >= 0.3 is 7.60 Å². The lowest BCUT2D eigenvalue weighted by Gasteiger charge is -2.12. The van der Waals surface area contributed by atoms with Crippen LogP contribution < -0.4 is 0 Å². The van der Waals surface area contributed by atoms with E-state index in [2.05, 4.69) is 4.67 Å². The van der Waals surface area contributed by atoms with E-state index in [1.54, 1.807) is 0 Å². The molecule has 0 spiro atoms. The number of hydrogen-bond acceptors (Lipinski definition) is 5. The van der Waals surface area contributed by atoms with E-state index in [4.69, 9.17) is 14.9 Å². The SMILES string of the molecule is CC([SiH3])CCOP(=O)(CO)OO. The van der Waals surface area contributed by atoms with E-state index in [0.717, 1.165) is 16.7 Å². The molecule has 0 radical (unpaired) electrons. The van der Waals surface area contributed by atoms with Crippen LogP contribution in [0.4, 0.5) is 0 Å². The van der Waals surface area contributed by atoms with E-state index in [-0.39, 0.29) is 6.61 Å². The van der Waals surface area contributed by atoms with Crippen LogP contribution in [0.3, 0.4) is 0 Å². The van der Waals surface area contributed by atoms with Crippen molar-refractivity contribution in [3.63, 3.8) is 0 Å². The maximum Gasteiger partial charge on any atom is 0.382 e. The summed E-state index contributed by atoms with van der Waals surface area (Å²) in [5, 5.41) is 16.6. The Kier molecular flexibility index (Phi) is 5.99. The van der Waals surface area contributed by atoms with E-state index >= 15 is 0 Å². The summed E-state index contributed by atoms with van der Waals surface area (Å²) in [7, 11) is -2.57. The molecule has 2 unspecified atom stereocenters. The Labute approximate surface area is 74.6 Å². The fourth-order valence-corrected chi connectivity index (χ4v) is 1.32. The second-order valence-corrected chi connectivity index (χ2v) is 6.75. The van der Waals surface area contributed by atoms with Gasteiger partial charge in [-0.3, -0.25) is 4.57 Å². The second-order valence-electron chi connectivity index (χ2n) is 2.85. The van der Waals surface area contributed by atoms with Crippen LogP contribution in [0.5, 0.6) is 0 Å². The van der Waals surface area contributed by atoms with Gasteiger partial charge in [-0.25, -0.2) is 5.26 Å². The summed E-state index contributed by atoms with van der Waals surface area (Å²) in [5.74, 6) is 0. The average molecular weight is 214 g/mol. The molecule has 0 aromatic rings. The molecule has 0 aliphatic carbocycles. The number of rotatable bonds is 6. The summed E-state index contributed by atoms with van der Waals surface area (Å²) < 4.78 is 19.3. The molecule has 0 aliphatic rings. The van der Waals surface area contributed by atoms with Crippen molar-refractivity contribution in [2.45, 2.75) is 18.9 Å². The lowest BCUT2D eigenvalue weighted by molar-refractivity contribution is -0.151. The molecule has 5 nitrogen and oxygen atoms in total. The standard InChI is InChI=1S/C5H15O5PSi/c1-5(12)2-3-9-11(8,4-6)10-7/h5-7H,2-4H2,1,12H3. The first-order valence-electron chi connectivity index (χ1n) is 3.71. The Morgan fingerprint density at radius 1 is 1.67 bits per heavy atom. The predicted molar refractivity (Wildman–Crippen MR) is 48.3 cm³/mol. The van der Waals surface area contributed by atoms with Crippen LogP contribution in [0, 0.1) is 0 Å². The van der Waals surface area contributed by atoms with Crippen LogP contribution in [0.25, 0.3) is 0 Å². The first kappa shape index (κ1) is 12.3. The van der Waals surface area contributed by atoms with Gasteiger partial charge in [0, 0.05) is 10.2 Å². The number of aliphatic hydroxyl groups is 1. The van der Waals surface area contributed by atoms with Crippen LogP contribution in [-0.2, 0) is 13.8 Å². The van der Waals surface area contributed by atoms with Crippen molar-refractivity contribution in [1.82, 2.24) is 0 Å². The third-order valence-corrected chi connectivity index (χ3v) is 3.03. The van der Waals surface area contributed by atoms with Crippen molar-refractivity contribution in [2.75, 3.05) is 13.0 Å². The maximum atomic E-state index is 11.0. The van der Waals surface area contributed by atoms with Crippen LogP contribution >= 0.6 is 7.60 Å².